The standard InChI is InChI=1S/C19H32N4O2/c1-5-20-19(22-13-17-14-23(3)10-11-25-17)21-9-8-16-7-6-15(2)18(12-16)24-4/h6-7,12,17H,5,8-11,13-14H2,1-4H3,(H2,20,21,22). The number of nitrogens with zero attached hydrogens (tertiary/aromatic N) is 2. The Hall–Kier alpha value is -1.79. The van der Waals surface area contributed by atoms with Crippen molar-refractivity contribution < 1.29 is 9.47 Å². The molecule has 1 saturated heterocycles. The Morgan fingerprint density at radius 2 is 2.24 bits per heavy atom. The highest BCUT2D eigenvalue weighted by Gasteiger charge is 2.17. The zero-order chi connectivity index (χ0) is 18.1. The smallest absolute Gasteiger partial charge is 0.191 e. The lowest BCUT2D eigenvalue weighted by Crippen LogP contribution is -2.43. The van der Waals surface area contributed by atoms with E-state index in [0.29, 0.717) is 6.54 Å². The number of guanidine groups is 1. The van der Waals surface area contributed by atoms with Gasteiger partial charge in [-0.3, -0.25) is 4.99 Å². The summed E-state index contributed by atoms with van der Waals surface area (Å²) in [4.78, 5) is 6.96. The van der Waals surface area contributed by atoms with E-state index in [1.807, 2.05) is 0 Å². The van der Waals surface area contributed by atoms with Crippen molar-refractivity contribution in [2.75, 3.05) is 53.5 Å². The summed E-state index contributed by atoms with van der Waals surface area (Å²) in [6.07, 6.45) is 1.10. The summed E-state index contributed by atoms with van der Waals surface area (Å²) in [6.45, 7) is 9.20. The zero-order valence-electron chi connectivity index (χ0n) is 16.0. The van der Waals surface area contributed by atoms with Crippen LogP contribution in [0.15, 0.2) is 23.2 Å². The largest absolute Gasteiger partial charge is 0.496 e. The van der Waals surface area contributed by atoms with E-state index >= 15 is 0 Å². The highest BCUT2D eigenvalue weighted by molar-refractivity contribution is 5.79. The molecule has 0 spiro atoms. The minimum atomic E-state index is 0.176. The number of nitrogens with one attached hydrogen (secondary N) is 2. The number of aryl methyl sites for hydroxylation is 1. The molecule has 2 N–H and O–H groups in total. The lowest BCUT2D eigenvalue weighted by atomic mass is 10.1. The molecule has 1 aromatic carbocycles. The van der Waals surface area contributed by atoms with Gasteiger partial charge in [0.05, 0.1) is 26.4 Å². The van der Waals surface area contributed by atoms with Crippen molar-refractivity contribution in [2.24, 2.45) is 4.99 Å². The molecule has 6 nitrogen and oxygen atoms in total. The molecular formula is C19H32N4O2. The molecule has 0 bridgehead atoms. The summed E-state index contributed by atoms with van der Waals surface area (Å²) >= 11 is 0. The van der Waals surface area contributed by atoms with Gasteiger partial charge < -0.3 is 25.0 Å². The highest BCUT2D eigenvalue weighted by Crippen LogP contribution is 2.18. The molecule has 0 aliphatic carbocycles. The van der Waals surface area contributed by atoms with Crippen molar-refractivity contribution in [3.63, 3.8) is 0 Å². The first kappa shape index (κ1) is 19.5. The monoisotopic (exact) mass is 348 g/mol. The summed E-state index contributed by atoms with van der Waals surface area (Å²) < 4.78 is 11.2. The minimum Gasteiger partial charge on any atom is -0.496 e. The molecule has 1 unspecified atom stereocenters. The summed E-state index contributed by atoms with van der Waals surface area (Å²) in [5, 5.41) is 6.70. The predicted molar refractivity (Wildman–Crippen MR) is 103 cm³/mol. The van der Waals surface area contributed by atoms with Gasteiger partial charge in [-0.15, -0.1) is 0 Å². The highest BCUT2D eigenvalue weighted by atomic mass is 16.5. The Kier molecular flexibility index (Phi) is 8.01. The first-order valence-corrected chi connectivity index (χ1v) is 9.08. The fraction of sp³-hybridized carbons (Fsp3) is 0.632. The molecule has 1 fully saturated rings. The van der Waals surface area contributed by atoms with Crippen LogP contribution in [0.3, 0.4) is 0 Å². The Bertz CT molecular complexity index is 562. The van der Waals surface area contributed by atoms with Crippen LogP contribution >= 0.6 is 0 Å². The maximum absolute atomic E-state index is 5.77. The molecule has 6 heteroatoms. The van der Waals surface area contributed by atoms with Crippen molar-refractivity contribution in [3.05, 3.63) is 29.3 Å². The predicted octanol–water partition coefficient (Wildman–Crippen LogP) is 1.43. The second-order valence-corrected chi connectivity index (χ2v) is 6.46. The van der Waals surface area contributed by atoms with Crippen LogP contribution in [0.2, 0.25) is 0 Å². The Labute approximate surface area is 151 Å². The van der Waals surface area contributed by atoms with E-state index in [1.165, 1.54) is 5.56 Å². The van der Waals surface area contributed by atoms with Gasteiger partial charge >= 0.3 is 0 Å². The van der Waals surface area contributed by atoms with Crippen LogP contribution in [-0.4, -0.2) is 70.5 Å². The maximum atomic E-state index is 5.77. The van der Waals surface area contributed by atoms with E-state index in [0.717, 1.165) is 56.5 Å². The summed E-state index contributed by atoms with van der Waals surface area (Å²) in [5.74, 6) is 1.79. The zero-order valence-corrected chi connectivity index (χ0v) is 16.0. The second-order valence-electron chi connectivity index (χ2n) is 6.46. The van der Waals surface area contributed by atoms with Crippen LogP contribution in [0.1, 0.15) is 18.1 Å². The van der Waals surface area contributed by atoms with Gasteiger partial charge in [0, 0.05) is 26.2 Å². The Balaban J connectivity index is 1.83. The first-order chi connectivity index (χ1) is 12.1. The molecule has 140 valence electrons. The van der Waals surface area contributed by atoms with Crippen molar-refractivity contribution >= 4 is 5.96 Å². The van der Waals surface area contributed by atoms with Gasteiger partial charge in [-0.1, -0.05) is 12.1 Å². The van der Waals surface area contributed by atoms with Crippen LogP contribution in [0, 0.1) is 6.92 Å². The van der Waals surface area contributed by atoms with Gasteiger partial charge in [0.25, 0.3) is 0 Å². The lowest BCUT2D eigenvalue weighted by molar-refractivity contribution is -0.0136. The molecule has 0 radical (unpaired) electrons. The molecule has 1 heterocycles. The van der Waals surface area contributed by atoms with Crippen molar-refractivity contribution in [1.29, 1.82) is 0 Å². The van der Waals surface area contributed by atoms with Crippen molar-refractivity contribution in [1.82, 2.24) is 15.5 Å². The van der Waals surface area contributed by atoms with Crippen molar-refractivity contribution in [3.8, 4) is 5.75 Å². The molecule has 1 aliphatic heterocycles. The van der Waals surface area contributed by atoms with E-state index in [9.17, 15) is 0 Å². The van der Waals surface area contributed by atoms with Gasteiger partial charge in [-0.2, -0.15) is 0 Å². The molecule has 0 aromatic heterocycles. The summed E-state index contributed by atoms with van der Waals surface area (Å²) in [6, 6.07) is 6.35. The number of likely N-dealkylation sites (N-methyl/N-ethyl adjacent to an activating group) is 1. The van der Waals surface area contributed by atoms with Gasteiger partial charge in [-0.05, 0) is 44.5 Å². The topological polar surface area (TPSA) is 58.1 Å². The molecule has 0 saturated carbocycles. The SMILES string of the molecule is CCNC(=NCC1CN(C)CCO1)NCCc1ccc(C)c(OC)c1. The van der Waals surface area contributed by atoms with Crippen LogP contribution < -0.4 is 15.4 Å². The number of morpholine rings is 1. The molecule has 1 aromatic rings. The fourth-order valence-corrected chi connectivity index (χ4v) is 2.86. The Morgan fingerprint density at radius 1 is 1.40 bits per heavy atom. The van der Waals surface area contributed by atoms with E-state index in [2.05, 4.69) is 59.6 Å². The van der Waals surface area contributed by atoms with Gasteiger partial charge in [0.2, 0.25) is 0 Å². The van der Waals surface area contributed by atoms with E-state index in [-0.39, 0.29) is 6.10 Å². The average molecular weight is 348 g/mol. The van der Waals surface area contributed by atoms with Crippen molar-refractivity contribution in [2.45, 2.75) is 26.4 Å². The second kappa shape index (κ2) is 10.3. The molecule has 0 amide bonds. The van der Waals surface area contributed by atoms with Gasteiger partial charge in [-0.25, -0.2) is 0 Å². The molecule has 25 heavy (non-hydrogen) atoms. The number of hydrogen-bond acceptors (Lipinski definition) is 4. The van der Waals surface area contributed by atoms with Crippen LogP contribution in [0.5, 0.6) is 5.75 Å². The van der Waals surface area contributed by atoms with E-state index < -0.39 is 0 Å². The summed E-state index contributed by atoms with van der Waals surface area (Å²) in [5.41, 5.74) is 2.41. The van der Waals surface area contributed by atoms with Gasteiger partial charge in [0.1, 0.15) is 5.75 Å². The van der Waals surface area contributed by atoms with E-state index in [1.54, 1.807) is 7.11 Å². The van der Waals surface area contributed by atoms with Crippen LogP contribution in [0.25, 0.3) is 0 Å². The molecule has 1 atom stereocenters. The molecular weight excluding hydrogens is 316 g/mol. The maximum Gasteiger partial charge on any atom is 0.191 e. The number of ether oxygens (including phenoxy) is 2. The average Bonchev–Trinajstić information content (AvgIpc) is 2.61. The number of methoxy groups -OCH3 is 1. The number of rotatable bonds is 7. The third-order valence-corrected chi connectivity index (χ3v) is 4.32. The Morgan fingerprint density at radius 3 is 2.96 bits per heavy atom. The third kappa shape index (κ3) is 6.55. The first-order valence-electron chi connectivity index (χ1n) is 9.08. The van der Waals surface area contributed by atoms with Gasteiger partial charge in [0.15, 0.2) is 5.96 Å². The third-order valence-electron chi connectivity index (χ3n) is 4.32. The van der Waals surface area contributed by atoms with Crippen LogP contribution in [0.4, 0.5) is 0 Å². The molecule has 2 rings (SSSR count). The number of benzene rings is 1. The number of aliphatic imine (C=N–C) groups is 1. The van der Waals surface area contributed by atoms with Crippen LogP contribution in [-0.2, 0) is 11.2 Å². The quantitative estimate of drug-likeness (QED) is 0.577. The normalized spacial score (nSPS) is 18.9. The lowest BCUT2D eigenvalue weighted by Gasteiger charge is -2.29. The fourth-order valence-electron chi connectivity index (χ4n) is 2.86. The summed E-state index contributed by atoms with van der Waals surface area (Å²) in [7, 11) is 3.84. The molecule has 1 aliphatic rings. The number of hydrogen-bond donors (Lipinski definition) is 2. The van der Waals surface area contributed by atoms with E-state index in [4.69, 9.17) is 9.47 Å². The minimum absolute atomic E-state index is 0.176.